The van der Waals surface area contributed by atoms with Crippen molar-refractivity contribution in [2.45, 2.75) is 72.3 Å². The molecular formula is C17H34N2O2. The first-order chi connectivity index (χ1) is 9.46. The van der Waals surface area contributed by atoms with E-state index in [2.05, 4.69) is 39.9 Å². The Kier molecular flexibility index (Phi) is 5.84. The van der Waals surface area contributed by atoms with Gasteiger partial charge in [-0.2, -0.15) is 0 Å². The minimum Gasteiger partial charge on any atom is -0.388 e. The molecule has 4 heteroatoms. The number of carbonyl (C=O) groups is 1. The molecule has 1 aliphatic carbocycles. The number of carbonyl (C=O) groups excluding carboxylic acids is 1. The molecular weight excluding hydrogens is 264 g/mol. The highest BCUT2D eigenvalue weighted by Crippen LogP contribution is 2.39. The highest BCUT2D eigenvalue weighted by atomic mass is 16.3. The fourth-order valence-corrected chi connectivity index (χ4v) is 2.99. The molecule has 1 aliphatic rings. The molecule has 1 saturated carbocycles. The van der Waals surface area contributed by atoms with Crippen molar-refractivity contribution >= 4 is 5.91 Å². The van der Waals surface area contributed by atoms with E-state index in [9.17, 15) is 9.90 Å². The van der Waals surface area contributed by atoms with Crippen LogP contribution < -0.4 is 11.1 Å². The largest absolute Gasteiger partial charge is 0.388 e. The number of aliphatic hydroxyl groups is 1. The van der Waals surface area contributed by atoms with E-state index in [1.54, 1.807) is 0 Å². The standard InChI is InChI=1S/C17H34N2O2/c1-15(2,3)10-13(11-18)14(20)19-12-17(21)8-6-16(4,5)7-9-17/h13,21H,6-12,18H2,1-5H3,(H,19,20). The monoisotopic (exact) mass is 298 g/mol. The van der Waals surface area contributed by atoms with Crippen molar-refractivity contribution in [1.82, 2.24) is 5.32 Å². The summed E-state index contributed by atoms with van der Waals surface area (Å²) in [5.74, 6) is -0.195. The van der Waals surface area contributed by atoms with Crippen molar-refractivity contribution in [3.63, 3.8) is 0 Å². The molecule has 0 spiro atoms. The van der Waals surface area contributed by atoms with Crippen molar-refractivity contribution in [2.75, 3.05) is 13.1 Å². The summed E-state index contributed by atoms with van der Waals surface area (Å²) in [4.78, 5) is 12.3. The van der Waals surface area contributed by atoms with Crippen LogP contribution in [0, 0.1) is 16.7 Å². The molecule has 0 saturated heterocycles. The third-order valence-electron chi connectivity index (χ3n) is 4.64. The fraction of sp³-hybridized carbons (Fsp3) is 0.941. The molecule has 0 aromatic carbocycles. The Balaban J connectivity index is 2.48. The van der Waals surface area contributed by atoms with Crippen LogP contribution in [0.1, 0.15) is 66.7 Å². The van der Waals surface area contributed by atoms with E-state index in [-0.39, 0.29) is 17.2 Å². The van der Waals surface area contributed by atoms with Gasteiger partial charge in [-0.1, -0.05) is 34.6 Å². The number of nitrogens with two attached hydrogens (primary N) is 1. The lowest BCUT2D eigenvalue weighted by Gasteiger charge is -2.40. The van der Waals surface area contributed by atoms with Gasteiger partial charge in [0.2, 0.25) is 5.91 Å². The zero-order valence-corrected chi connectivity index (χ0v) is 14.5. The molecule has 4 nitrogen and oxygen atoms in total. The molecule has 0 heterocycles. The van der Waals surface area contributed by atoms with E-state index in [0.717, 1.165) is 32.1 Å². The second-order valence-corrected chi connectivity index (χ2v) is 8.80. The molecule has 21 heavy (non-hydrogen) atoms. The Morgan fingerprint density at radius 3 is 2.19 bits per heavy atom. The summed E-state index contributed by atoms with van der Waals surface area (Å²) >= 11 is 0. The second kappa shape index (κ2) is 6.66. The van der Waals surface area contributed by atoms with Gasteiger partial charge in [0.25, 0.3) is 0 Å². The van der Waals surface area contributed by atoms with Crippen LogP contribution in [-0.2, 0) is 4.79 Å². The first-order valence-corrected chi connectivity index (χ1v) is 8.17. The maximum Gasteiger partial charge on any atom is 0.224 e. The first kappa shape index (κ1) is 18.4. The topological polar surface area (TPSA) is 75.4 Å². The molecule has 1 unspecified atom stereocenters. The zero-order chi connectivity index (χ0) is 16.3. The maximum atomic E-state index is 12.3. The summed E-state index contributed by atoms with van der Waals surface area (Å²) in [6.07, 6.45) is 4.28. The van der Waals surface area contributed by atoms with Crippen molar-refractivity contribution in [1.29, 1.82) is 0 Å². The Labute approximate surface area is 129 Å². The normalized spacial score (nSPS) is 22.6. The lowest BCUT2D eigenvalue weighted by Crippen LogP contribution is -2.48. The van der Waals surface area contributed by atoms with Gasteiger partial charge in [0.15, 0.2) is 0 Å². The molecule has 1 atom stereocenters. The second-order valence-electron chi connectivity index (χ2n) is 8.80. The highest BCUT2D eigenvalue weighted by Gasteiger charge is 2.37. The quantitative estimate of drug-likeness (QED) is 0.730. The average Bonchev–Trinajstić information content (AvgIpc) is 2.36. The molecule has 0 aliphatic heterocycles. The van der Waals surface area contributed by atoms with Gasteiger partial charge in [-0.05, 0) is 42.9 Å². The predicted molar refractivity (Wildman–Crippen MR) is 86.8 cm³/mol. The molecule has 124 valence electrons. The number of hydrogen-bond acceptors (Lipinski definition) is 3. The van der Waals surface area contributed by atoms with Crippen LogP contribution in [-0.4, -0.2) is 29.7 Å². The Hall–Kier alpha value is -0.610. The first-order valence-electron chi connectivity index (χ1n) is 8.17. The summed E-state index contributed by atoms with van der Waals surface area (Å²) in [6, 6.07) is 0. The molecule has 1 fully saturated rings. The van der Waals surface area contributed by atoms with Gasteiger partial charge in [0, 0.05) is 13.1 Å². The minimum absolute atomic E-state index is 0.0225. The van der Waals surface area contributed by atoms with Crippen LogP contribution in [0.5, 0.6) is 0 Å². The van der Waals surface area contributed by atoms with Crippen molar-refractivity contribution < 1.29 is 9.90 Å². The van der Waals surface area contributed by atoms with E-state index in [4.69, 9.17) is 5.73 Å². The van der Waals surface area contributed by atoms with Crippen molar-refractivity contribution in [3.05, 3.63) is 0 Å². The highest BCUT2D eigenvalue weighted by molar-refractivity contribution is 5.79. The lowest BCUT2D eigenvalue weighted by molar-refractivity contribution is -0.127. The third kappa shape index (κ3) is 6.35. The van der Waals surface area contributed by atoms with Crippen molar-refractivity contribution in [2.24, 2.45) is 22.5 Å². The van der Waals surface area contributed by atoms with Crippen molar-refractivity contribution in [3.8, 4) is 0 Å². The van der Waals surface area contributed by atoms with Gasteiger partial charge in [0.05, 0.1) is 11.5 Å². The van der Waals surface area contributed by atoms with E-state index in [1.807, 2.05) is 0 Å². The summed E-state index contributed by atoms with van der Waals surface area (Å²) in [6.45, 7) is 11.5. The van der Waals surface area contributed by atoms with Crippen LogP contribution in [0.4, 0.5) is 0 Å². The zero-order valence-electron chi connectivity index (χ0n) is 14.5. The molecule has 4 N–H and O–H groups in total. The molecule has 0 radical (unpaired) electrons. The number of hydrogen-bond donors (Lipinski definition) is 3. The van der Waals surface area contributed by atoms with Gasteiger partial charge in [-0.3, -0.25) is 4.79 Å². The van der Waals surface area contributed by atoms with Crippen LogP contribution in [0.15, 0.2) is 0 Å². The predicted octanol–water partition coefficient (Wildman–Crippen LogP) is 2.45. The van der Waals surface area contributed by atoms with E-state index >= 15 is 0 Å². The van der Waals surface area contributed by atoms with Crippen LogP contribution in [0.25, 0.3) is 0 Å². The minimum atomic E-state index is -0.744. The molecule has 0 aromatic rings. The summed E-state index contributed by atoms with van der Waals surface area (Å²) in [5, 5.41) is 13.5. The van der Waals surface area contributed by atoms with E-state index in [0.29, 0.717) is 18.5 Å². The third-order valence-corrected chi connectivity index (χ3v) is 4.64. The molecule has 1 rings (SSSR count). The van der Waals surface area contributed by atoms with Gasteiger partial charge in [0.1, 0.15) is 0 Å². The number of rotatable bonds is 5. The number of amides is 1. The van der Waals surface area contributed by atoms with Crippen LogP contribution in [0.3, 0.4) is 0 Å². The smallest absolute Gasteiger partial charge is 0.224 e. The van der Waals surface area contributed by atoms with Gasteiger partial charge < -0.3 is 16.2 Å². The average molecular weight is 298 g/mol. The maximum absolute atomic E-state index is 12.3. The fourth-order valence-electron chi connectivity index (χ4n) is 2.99. The van der Waals surface area contributed by atoms with Gasteiger partial charge >= 0.3 is 0 Å². The Morgan fingerprint density at radius 2 is 1.76 bits per heavy atom. The summed E-state index contributed by atoms with van der Waals surface area (Å²) < 4.78 is 0. The Morgan fingerprint density at radius 1 is 1.24 bits per heavy atom. The van der Waals surface area contributed by atoms with Crippen LogP contribution >= 0.6 is 0 Å². The molecule has 0 aromatic heterocycles. The number of nitrogens with one attached hydrogen (secondary N) is 1. The molecule has 0 bridgehead atoms. The van der Waals surface area contributed by atoms with Gasteiger partial charge in [-0.25, -0.2) is 0 Å². The molecule has 1 amide bonds. The van der Waals surface area contributed by atoms with E-state index in [1.165, 1.54) is 0 Å². The van der Waals surface area contributed by atoms with Gasteiger partial charge in [-0.15, -0.1) is 0 Å². The van der Waals surface area contributed by atoms with Crippen LogP contribution in [0.2, 0.25) is 0 Å². The lowest BCUT2D eigenvalue weighted by atomic mass is 9.71. The van der Waals surface area contributed by atoms with E-state index < -0.39 is 5.60 Å². The SMILES string of the molecule is CC(C)(C)CC(CN)C(=O)NCC1(O)CCC(C)(C)CC1. The summed E-state index contributed by atoms with van der Waals surface area (Å²) in [7, 11) is 0. The summed E-state index contributed by atoms with van der Waals surface area (Å²) in [5.41, 5.74) is 5.38. The Bertz CT molecular complexity index is 348.